The number of carboxylic acids is 1. The topological polar surface area (TPSA) is 57.6 Å². The van der Waals surface area contributed by atoms with E-state index in [0.29, 0.717) is 12.8 Å². The Bertz CT molecular complexity index is 495. The molecule has 1 unspecified atom stereocenters. The normalized spacial score (nSPS) is 13.7. The van der Waals surface area contributed by atoms with Crippen LogP contribution in [0.15, 0.2) is 18.2 Å². The van der Waals surface area contributed by atoms with Crippen molar-refractivity contribution in [2.24, 2.45) is 0 Å². The van der Waals surface area contributed by atoms with Crippen LogP contribution < -0.4 is 0 Å². The van der Waals surface area contributed by atoms with Crippen molar-refractivity contribution >= 4 is 24.0 Å². The third kappa shape index (κ3) is 2.87. The molecular weight excluding hydrogens is 273 g/mol. The Hall–Kier alpha value is -1.62. The van der Waals surface area contributed by atoms with Gasteiger partial charge in [-0.1, -0.05) is 24.6 Å². The molecule has 0 radical (unpaired) electrons. The number of rotatable bonds is 6. The van der Waals surface area contributed by atoms with E-state index in [2.05, 4.69) is 0 Å². The number of hydrogen-bond acceptors (Lipinski definition) is 2. The van der Waals surface area contributed by atoms with Crippen molar-refractivity contribution in [3.8, 4) is 0 Å². The van der Waals surface area contributed by atoms with Crippen LogP contribution in [0.5, 0.6) is 0 Å². The minimum absolute atomic E-state index is 0.0205. The Labute approximate surface area is 115 Å². The molecule has 0 aliphatic rings. The summed E-state index contributed by atoms with van der Waals surface area (Å²) in [5.74, 6) is -1.78. The Balaban J connectivity index is 3.40. The number of aliphatic carboxylic acids is 1. The first-order valence-corrected chi connectivity index (χ1v) is 6.16. The van der Waals surface area contributed by atoms with Gasteiger partial charge in [0.25, 0.3) is 0 Å². The fourth-order valence-corrected chi connectivity index (χ4v) is 2.25. The van der Waals surface area contributed by atoms with Gasteiger partial charge in [0.05, 0.1) is 0 Å². The molecule has 0 aliphatic heterocycles. The van der Waals surface area contributed by atoms with E-state index in [4.69, 9.17) is 11.6 Å². The zero-order valence-corrected chi connectivity index (χ0v) is 11.4. The number of nitrogens with zero attached hydrogens (tertiary/aromatic N) is 1. The molecule has 0 aliphatic carbocycles. The molecule has 1 amide bonds. The molecular formula is C13H15ClFNO3. The van der Waals surface area contributed by atoms with Crippen LogP contribution >= 0.6 is 11.6 Å². The van der Waals surface area contributed by atoms with Crippen LogP contribution in [-0.4, -0.2) is 28.9 Å². The number of benzene rings is 1. The Morgan fingerprint density at radius 1 is 1.58 bits per heavy atom. The first-order chi connectivity index (χ1) is 8.87. The smallest absolute Gasteiger partial charge is 0.334 e. The van der Waals surface area contributed by atoms with Crippen molar-refractivity contribution in [2.45, 2.75) is 25.8 Å². The Kier molecular flexibility index (Phi) is 4.89. The summed E-state index contributed by atoms with van der Waals surface area (Å²) >= 11 is 5.91. The molecule has 1 rings (SSSR count). The van der Waals surface area contributed by atoms with Gasteiger partial charge in [-0.2, -0.15) is 0 Å². The summed E-state index contributed by atoms with van der Waals surface area (Å²) < 4.78 is 13.1. The largest absolute Gasteiger partial charge is 0.479 e. The highest BCUT2D eigenvalue weighted by Crippen LogP contribution is 2.33. The molecule has 19 heavy (non-hydrogen) atoms. The fourth-order valence-electron chi connectivity index (χ4n) is 1.90. The summed E-state index contributed by atoms with van der Waals surface area (Å²) in [7, 11) is 0. The second-order valence-electron chi connectivity index (χ2n) is 4.30. The highest BCUT2D eigenvalue weighted by Gasteiger charge is 2.42. The van der Waals surface area contributed by atoms with E-state index in [0.717, 1.165) is 17.0 Å². The summed E-state index contributed by atoms with van der Waals surface area (Å²) in [6.45, 7) is 3.46. The fraction of sp³-hybridized carbons (Fsp3) is 0.385. The number of carbonyl (C=O) groups excluding carboxylic acids is 1. The first kappa shape index (κ1) is 15.4. The summed E-state index contributed by atoms with van der Waals surface area (Å²) in [5, 5.41) is 9.43. The molecule has 6 heteroatoms. The van der Waals surface area contributed by atoms with Crippen LogP contribution in [0.3, 0.4) is 0 Å². The summed E-state index contributed by atoms with van der Waals surface area (Å²) in [6, 6.07) is 3.45. The molecule has 1 aromatic rings. The van der Waals surface area contributed by atoms with E-state index in [9.17, 15) is 19.1 Å². The second kappa shape index (κ2) is 6.02. The van der Waals surface area contributed by atoms with Crippen LogP contribution in [-0.2, 0) is 15.1 Å². The van der Waals surface area contributed by atoms with E-state index < -0.39 is 17.3 Å². The molecule has 0 aromatic heterocycles. The van der Waals surface area contributed by atoms with E-state index >= 15 is 0 Å². The SMILES string of the molecule is CCCN(C=O)C(C)(C(=O)O)c1ccc(F)cc1Cl. The number of halogens is 2. The maximum Gasteiger partial charge on any atom is 0.334 e. The van der Waals surface area contributed by atoms with Gasteiger partial charge in [0, 0.05) is 17.1 Å². The number of hydrogen-bond donors (Lipinski definition) is 1. The lowest BCUT2D eigenvalue weighted by Crippen LogP contribution is -2.49. The van der Waals surface area contributed by atoms with Gasteiger partial charge < -0.3 is 10.0 Å². The molecule has 4 nitrogen and oxygen atoms in total. The minimum Gasteiger partial charge on any atom is -0.479 e. The van der Waals surface area contributed by atoms with Crippen LogP contribution in [0.1, 0.15) is 25.8 Å². The van der Waals surface area contributed by atoms with E-state index in [1.807, 2.05) is 6.92 Å². The third-order valence-electron chi connectivity index (χ3n) is 3.04. The highest BCUT2D eigenvalue weighted by atomic mass is 35.5. The summed E-state index contributed by atoms with van der Waals surface area (Å²) in [4.78, 5) is 23.9. The maximum absolute atomic E-state index is 13.1. The molecule has 0 heterocycles. The van der Waals surface area contributed by atoms with Gasteiger partial charge in [0.2, 0.25) is 6.41 Å². The predicted molar refractivity (Wildman–Crippen MR) is 69.5 cm³/mol. The molecule has 1 N–H and O–H groups in total. The maximum atomic E-state index is 13.1. The van der Waals surface area contributed by atoms with E-state index in [1.165, 1.54) is 13.0 Å². The lowest BCUT2D eigenvalue weighted by atomic mass is 9.90. The van der Waals surface area contributed by atoms with Crippen molar-refractivity contribution < 1.29 is 19.1 Å². The van der Waals surface area contributed by atoms with Crippen molar-refractivity contribution in [2.75, 3.05) is 6.54 Å². The average molecular weight is 288 g/mol. The second-order valence-corrected chi connectivity index (χ2v) is 4.71. The van der Waals surface area contributed by atoms with Gasteiger partial charge in [-0.3, -0.25) is 4.79 Å². The molecule has 0 fully saturated rings. The molecule has 1 aromatic carbocycles. The Morgan fingerprint density at radius 2 is 2.21 bits per heavy atom. The average Bonchev–Trinajstić information content (AvgIpc) is 2.34. The lowest BCUT2D eigenvalue weighted by molar-refractivity contribution is -0.154. The van der Waals surface area contributed by atoms with Crippen LogP contribution in [0.2, 0.25) is 5.02 Å². The Morgan fingerprint density at radius 3 is 2.63 bits per heavy atom. The van der Waals surface area contributed by atoms with Gasteiger partial charge in [0.15, 0.2) is 5.54 Å². The minimum atomic E-state index is -1.62. The predicted octanol–water partition coefficient (Wildman–Crippen LogP) is 2.65. The standard InChI is InChI=1S/C13H15ClFNO3/c1-3-6-16(8-17)13(2,12(18)19)10-5-4-9(15)7-11(10)14/h4-5,7-8H,3,6H2,1-2H3,(H,18,19). The highest BCUT2D eigenvalue weighted by molar-refractivity contribution is 6.31. The van der Waals surface area contributed by atoms with E-state index in [1.54, 1.807) is 0 Å². The van der Waals surface area contributed by atoms with Gasteiger partial charge in [0.1, 0.15) is 5.82 Å². The molecule has 1 atom stereocenters. The molecule has 0 saturated carbocycles. The monoisotopic (exact) mass is 287 g/mol. The molecule has 104 valence electrons. The zero-order chi connectivity index (χ0) is 14.6. The first-order valence-electron chi connectivity index (χ1n) is 5.78. The van der Waals surface area contributed by atoms with Gasteiger partial charge in [-0.05, 0) is 25.5 Å². The zero-order valence-electron chi connectivity index (χ0n) is 10.7. The van der Waals surface area contributed by atoms with Crippen LogP contribution in [0.25, 0.3) is 0 Å². The van der Waals surface area contributed by atoms with Crippen molar-refractivity contribution in [3.63, 3.8) is 0 Å². The quantitative estimate of drug-likeness (QED) is 0.818. The van der Waals surface area contributed by atoms with Crippen LogP contribution in [0.4, 0.5) is 4.39 Å². The van der Waals surface area contributed by atoms with Gasteiger partial charge in [-0.15, -0.1) is 0 Å². The molecule has 0 saturated heterocycles. The molecule has 0 bridgehead atoms. The van der Waals surface area contributed by atoms with Crippen LogP contribution in [0, 0.1) is 5.82 Å². The third-order valence-corrected chi connectivity index (χ3v) is 3.35. The van der Waals surface area contributed by atoms with E-state index in [-0.39, 0.29) is 17.1 Å². The van der Waals surface area contributed by atoms with Crippen molar-refractivity contribution in [1.82, 2.24) is 4.90 Å². The number of carboxylic acid groups (broad SMARTS) is 1. The van der Waals surface area contributed by atoms with Crippen molar-refractivity contribution in [3.05, 3.63) is 34.6 Å². The lowest BCUT2D eigenvalue weighted by Gasteiger charge is -2.36. The van der Waals surface area contributed by atoms with Crippen molar-refractivity contribution in [1.29, 1.82) is 0 Å². The summed E-state index contributed by atoms with van der Waals surface area (Å²) in [6.07, 6.45) is 1.07. The van der Waals surface area contributed by atoms with Gasteiger partial charge >= 0.3 is 5.97 Å². The number of amides is 1. The van der Waals surface area contributed by atoms with Gasteiger partial charge in [-0.25, -0.2) is 9.18 Å². The number of carbonyl (C=O) groups is 2. The molecule has 0 spiro atoms. The summed E-state index contributed by atoms with van der Waals surface area (Å²) in [5.41, 5.74) is -1.44.